The van der Waals surface area contributed by atoms with Gasteiger partial charge in [-0.2, -0.15) is 23.5 Å². The van der Waals surface area contributed by atoms with Crippen molar-refractivity contribution in [2.24, 2.45) is 0 Å². The van der Waals surface area contributed by atoms with E-state index in [1.807, 2.05) is 6.07 Å². The van der Waals surface area contributed by atoms with Crippen LogP contribution in [0.4, 0.5) is 13.2 Å². The van der Waals surface area contributed by atoms with Crippen molar-refractivity contribution in [3.8, 4) is 6.07 Å². The quantitative estimate of drug-likeness (QED) is 0.781. The first-order valence-electron chi connectivity index (χ1n) is 9.10. The van der Waals surface area contributed by atoms with Crippen LogP contribution in [0.1, 0.15) is 60.9 Å². The monoisotopic (exact) mass is 385 g/mol. The van der Waals surface area contributed by atoms with E-state index in [0.29, 0.717) is 18.9 Å². The Morgan fingerprint density at radius 3 is 2.44 bits per heavy atom. The van der Waals surface area contributed by atoms with E-state index in [-0.39, 0.29) is 24.7 Å². The number of rotatable bonds is 5. The van der Waals surface area contributed by atoms with E-state index in [2.05, 4.69) is 23.8 Å². The van der Waals surface area contributed by atoms with Gasteiger partial charge in [-0.05, 0) is 33.6 Å². The summed E-state index contributed by atoms with van der Waals surface area (Å²) in [6, 6.07) is 2.12. The van der Waals surface area contributed by atoms with Gasteiger partial charge >= 0.3 is 6.18 Å². The van der Waals surface area contributed by atoms with Crippen LogP contribution in [-0.4, -0.2) is 58.2 Å². The van der Waals surface area contributed by atoms with E-state index in [0.717, 1.165) is 18.0 Å². The van der Waals surface area contributed by atoms with Crippen molar-refractivity contribution in [3.63, 3.8) is 0 Å². The summed E-state index contributed by atoms with van der Waals surface area (Å²) in [5.74, 6) is -0.749. The van der Waals surface area contributed by atoms with E-state index < -0.39 is 23.3 Å². The van der Waals surface area contributed by atoms with Gasteiger partial charge < -0.3 is 9.80 Å². The molecule has 0 spiro atoms. The van der Waals surface area contributed by atoms with Crippen LogP contribution in [0.15, 0.2) is 0 Å². The number of amides is 1. The van der Waals surface area contributed by atoms with Crippen LogP contribution in [0.2, 0.25) is 0 Å². The highest BCUT2D eigenvalue weighted by atomic mass is 19.4. The molecule has 0 aromatic carbocycles. The second-order valence-electron chi connectivity index (χ2n) is 7.25. The number of aromatic nitrogens is 2. The highest BCUT2D eigenvalue weighted by Gasteiger charge is 2.42. The number of hydrogen-bond donors (Lipinski definition) is 0. The maximum Gasteiger partial charge on any atom is 0.435 e. The lowest BCUT2D eigenvalue weighted by Crippen LogP contribution is -2.39. The molecule has 9 heteroatoms. The molecule has 1 fully saturated rings. The summed E-state index contributed by atoms with van der Waals surface area (Å²) >= 11 is 0. The van der Waals surface area contributed by atoms with Crippen molar-refractivity contribution < 1.29 is 18.0 Å². The van der Waals surface area contributed by atoms with Crippen molar-refractivity contribution in [2.45, 2.75) is 58.3 Å². The lowest BCUT2D eigenvalue weighted by Gasteiger charge is -2.35. The molecule has 6 nitrogen and oxygen atoms in total. The smallest absolute Gasteiger partial charge is 0.341 e. The van der Waals surface area contributed by atoms with E-state index in [1.54, 1.807) is 0 Å². The van der Waals surface area contributed by atoms with Crippen molar-refractivity contribution in [2.75, 3.05) is 26.7 Å². The van der Waals surface area contributed by atoms with Gasteiger partial charge in [-0.3, -0.25) is 9.48 Å². The van der Waals surface area contributed by atoms with Gasteiger partial charge in [0.05, 0.1) is 24.1 Å². The molecule has 150 valence electrons. The molecule has 1 aromatic rings. The molecule has 1 amide bonds. The number of alkyl halides is 3. The first kappa shape index (κ1) is 21.2. The maximum atomic E-state index is 13.5. The summed E-state index contributed by atoms with van der Waals surface area (Å²) in [5, 5.41) is 12.5. The van der Waals surface area contributed by atoms with Gasteiger partial charge in [0.15, 0.2) is 5.69 Å². The zero-order chi connectivity index (χ0) is 20.4. The van der Waals surface area contributed by atoms with Gasteiger partial charge in [-0.1, -0.05) is 0 Å². The van der Waals surface area contributed by atoms with Crippen LogP contribution in [0.5, 0.6) is 0 Å². The molecule has 27 heavy (non-hydrogen) atoms. The van der Waals surface area contributed by atoms with Crippen LogP contribution >= 0.6 is 0 Å². The highest BCUT2D eigenvalue weighted by Crippen LogP contribution is 2.35. The van der Waals surface area contributed by atoms with Crippen LogP contribution in [0.25, 0.3) is 0 Å². The molecular formula is C18H26F3N5O. The number of carbonyl (C=O) groups is 1. The molecule has 1 saturated heterocycles. The molecule has 0 saturated carbocycles. The van der Waals surface area contributed by atoms with Gasteiger partial charge in [-0.25, -0.2) is 0 Å². The molecule has 0 bridgehead atoms. The molecule has 0 N–H and O–H groups in total. The number of hydrogen-bond acceptors (Lipinski definition) is 4. The van der Waals surface area contributed by atoms with E-state index in [1.165, 1.54) is 18.7 Å². The van der Waals surface area contributed by atoms with Crippen molar-refractivity contribution >= 4 is 5.91 Å². The number of halogens is 3. The van der Waals surface area contributed by atoms with Gasteiger partial charge in [0, 0.05) is 38.4 Å². The fourth-order valence-electron chi connectivity index (χ4n) is 3.49. The zero-order valence-electron chi connectivity index (χ0n) is 16.2. The summed E-state index contributed by atoms with van der Waals surface area (Å²) in [5.41, 5.74) is -1.31. The Labute approximate surface area is 157 Å². The summed E-state index contributed by atoms with van der Waals surface area (Å²) < 4.78 is 42.0. The Hall–Kier alpha value is -2.08. The lowest BCUT2D eigenvalue weighted by molar-refractivity contribution is -0.142. The van der Waals surface area contributed by atoms with E-state index in [4.69, 9.17) is 5.26 Å². The second-order valence-corrected chi connectivity index (χ2v) is 7.25. The Morgan fingerprint density at radius 1 is 1.37 bits per heavy atom. The van der Waals surface area contributed by atoms with Crippen LogP contribution in [0, 0.1) is 18.3 Å². The summed E-state index contributed by atoms with van der Waals surface area (Å²) in [4.78, 5) is 16.1. The Balaban J connectivity index is 2.35. The molecule has 0 unspecified atom stereocenters. The van der Waals surface area contributed by atoms with Crippen LogP contribution < -0.4 is 0 Å². The SMILES string of the molecule is Cc1c(C(=O)N(C)CCC#N)c(C(F)(F)F)nn1C1CCN(C(C)C)CC1. The molecule has 0 atom stereocenters. The predicted octanol–water partition coefficient (Wildman–Crippen LogP) is 3.24. The highest BCUT2D eigenvalue weighted by molar-refractivity contribution is 5.96. The first-order valence-corrected chi connectivity index (χ1v) is 9.10. The summed E-state index contributed by atoms with van der Waals surface area (Å²) in [6.45, 7) is 7.35. The maximum absolute atomic E-state index is 13.5. The third-order valence-electron chi connectivity index (χ3n) is 5.11. The topological polar surface area (TPSA) is 65.2 Å². The molecule has 0 radical (unpaired) electrons. The molecule has 1 aromatic heterocycles. The van der Waals surface area contributed by atoms with Gasteiger partial charge in [0.25, 0.3) is 5.91 Å². The first-order chi connectivity index (χ1) is 12.6. The van der Waals surface area contributed by atoms with Crippen molar-refractivity contribution in [1.29, 1.82) is 5.26 Å². The van der Waals surface area contributed by atoms with Gasteiger partial charge in [0.2, 0.25) is 0 Å². The van der Waals surface area contributed by atoms with Crippen LogP contribution in [0.3, 0.4) is 0 Å². The third-order valence-corrected chi connectivity index (χ3v) is 5.11. The van der Waals surface area contributed by atoms with Gasteiger partial charge in [0.1, 0.15) is 0 Å². The molecule has 2 rings (SSSR count). The molecule has 1 aliphatic heterocycles. The minimum absolute atomic E-state index is 0.0600. The average molecular weight is 385 g/mol. The minimum atomic E-state index is -4.71. The average Bonchev–Trinajstić information content (AvgIpc) is 2.96. The Bertz CT molecular complexity index is 712. The van der Waals surface area contributed by atoms with Gasteiger partial charge in [-0.15, -0.1) is 0 Å². The second kappa shape index (κ2) is 8.30. The Morgan fingerprint density at radius 2 is 1.96 bits per heavy atom. The van der Waals surface area contributed by atoms with E-state index in [9.17, 15) is 18.0 Å². The number of carbonyl (C=O) groups excluding carboxylic acids is 1. The fraction of sp³-hybridized carbons (Fsp3) is 0.722. The number of nitrogens with zero attached hydrogens (tertiary/aromatic N) is 5. The van der Waals surface area contributed by atoms with Crippen molar-refractivity contribution in [3.05, 3.63) is 17.0 Å². The number of piperidine rings is 1. The predicted molar refractivity (Wildman–Crippen MR) is 94.1 cm³/mol. The summed E-state index contributed by atoms with van der Waals surface area (Å²) in [7, 11) is 1.40. The van der Waals surface area contributed by atoms with Crippen LogP contribution in [-0.2, 0) is 6.18 Å². The molecule has 2 heterocycles. The fourth-order valence-corrected chi connectivity index (χ4v) is 3.49. The lowest BCUT2D eigenvalue weighted by atomic mass is 10.0. The molecule has 0 aliphatic carbocycles. The zero-order valence-corrected chi connectivity index (χ0v) is 16.2. The number of likely N-dealkylation sites (tertiary alicyclic amines) is 1. The summed E-state index contributed by atoms with van der Waals surface area (Å²) in [6.07, 6.45) is -3.27. The largest absolute Gasteiger partial charge is 0.435 e. The van der Waals surface area contributed by atoms with Crippen molar-refractivity contribution in [1.82, 2.24) is 19.6 Å². The Kier molecular flexibility index (Phi) is 6.52. The normalized spacial score (nSPS) is 16.6. The molecule has 1 aliphatic rings. The number of nitriles is 1. The minimum Gasteiger partial charge on any atom is -0.341 e. The van der Waals surface area contributed by atoms with E-state index >= 15 is 0 Å². The molecular weight excluding hydrogens is 359 g/mol. The standard InChI is InChI=1S/C18H26F3N5O/c1-12(2)25-10-6-14(7-11-25)26-13(3)15(16(23-26)18(19,20)21)17(27)24(4)9-5-8-22/h12,14H,5-7,9-11H2,1-4H3. The third kappa shape index (κ3) is 4.61.